The predicted octanol–water partition coefficient (Wildman–Crippen LogP) is 0.0525. The highest BCUT2D eigenvalue weighted by molar-refractivity contribution is 9.10. The Morgan fingerprint density at radius 3 is 3.25 bits per heavy atom. The lowest BCUT2D eigenvalue weighted by atomic mass is 10.2. The van der Waals surface area contributed by atoms with E-state index in [1.54, 1.807) is 13.3 Å². The lowest BCUT2D eigenvalue weighted by Gasteiger charge is -2.24. The number of ether oxygens (including phenoxy) is 2. The molecule has 8 heteroatoms. The highest BCUT2D eigenvalue weighted by Gasteiger charge is 2.14. The summed E-state index contributed by atoms with van der Waals surface area (Å²) in [4.78, 5) is 12.1. The zero-order chi connectivity index (χ0) is 14.4. The van der Waals surface area contributed by atoms with E-state index in [0.29, 0.717) is 36.5 Å². The molecule has 7 nitrogen and oxygen atoms in total. The number of anilines is 1. The topological polar surface area (TPSA) is 77.4 Å². The van der Waals surface area contributed by atoms with Crippen LogP contribution in [-0.4, -0.2) is 55.8 Å². The first-order chi connectivity index (χ1) is 9.72. The summed E-state index contributed by atoms with van der Waals surface area (Å²) >= 11 is 3.32. The molecule has 0 radical (unpaired) electrons. The molecule has 0 saturated carbocycles. The van der Waals surface area contributed by atoms with Gasteiger partial charge in [-0.15, -0.1) is 0 Å². The summed E-state index contributed by atoms with van der Waals surface area (Å²) < 4.78 is 12.2. The third-order valence-electron chi connectivity index (χ3n) is 3.03. The van der Waals surface area contributed by atoms with Crippen molar-refractivity contribution in [2.45, 2.75) is 12.6 Å². The SMILES string of the molecule is COCCn1ncc(NCC2COCCN2)c(Br)c1=O. The van der Waals surface area contributed by atoms with Crippen molar-refractivity contribution in [1.29, 1.82) is 0 Å². The van der Waals surface area contributed by atoms with Crippen LogP contribution in [0.1, 0.15) is 0 Å². The minimum Gasteiger partial charge on any atom is -0.383 e. The largest absolute Gasteiger partial charge is 0.383 e. The number of hydrogen-bond donors (Lipinski definition) is 2. The molecule has 0 spiro atoms. The van der Waals surface area contributed by atoms with Crippen LogP contribution in [0.5, 0.6) is 0 Å². The minimum atomic E-state index is -0.167. The zero-order valence-corrected chi connectivity index (χ0v) is 13.0. The van der Waals surface area contributed by atoms with Gasteiger partial charge in [0.2, 0.25) is 0 Å². The lowest BCUT2D eigenvalue weighted by molar-refractivity contribution is 0.0806. The van der Waals surface area contributed by atoms with Gasteiger partial charge in [-0.3, -0.25) is 4.79 Å². The van der Waals surface area contributed by atoms with Gasteiger partial charge in [-0.1, -0.05) is 0 Å². The molecular formula is C12H19BrN4O3. The number of nitrogens with zero attached hydrogens (tertiary/aromatic N) is 2. The fourth-order valence-corrected chi connectivity index (χ4v) is 2.36. The van der Waals surface area contributed by atoms with Crippen molar-refractivity contribution < 1.29 is 9.47 Å². The Balaban J connectivity index is 1.97. The highest BCUT2D eigenvalue weighted by Crippen LogP contribution is 2.16. The molecule has 112 valence electrons. The second-order valence-electron chi connectivity index (χ2n) is 4.50. The molecule has 20 heavy (non-hydrogen) atoms. The number of nitrogens with one attached hydrogen (secondary N) is 2. The van der Waals surface area contributed by atoms with Gasteiger partial charge in [0.05, 0.1) is 38.2 Å². The van der Waals surface area contributed by atoms with E-state index in [0.717, 1.165) is 13.2 Å². The second kappa shape index (κ2) is 7.72. The van der Waals surface area contributed by atoms with Crippen LogP contribution in [0.2, 0.25) is 0 Å². The van der Waals surface area contributed by atoms with E-state index in [4.69, 9.17) is 9.47 Å². The Labute approximate surface area is 125 Å². The molecule has 1 aliphatic rings. The molecule has 0 aliphatic carbocycles. The van der Waals surface area contributed by atoms with Gasteiger partial charge < -0.3 is 20.1 Å². The second-order valence-corrected chi connectivity index (χ2v) is 5.29. The molecule has 1 unspecified atom stereocenters. The molecule has 1 aromatic heterocycles. The molecule has 2 heterocycles. The maximum absolute atomic E-state index is 12.1. The van der Waals surface area contributed by atoms with E-state index in [1.807, 2.05) is 0 Å². The zero-order valence-electron chi connectivity index (χ0n) is 11.4. The van der Waals surface area contributed by atoms with Crippen LogP contribution in [0.25, 0.3) is 0 Å². The summed E-state index contributed by atoms with van der Waals surface area (Å²) in [6.45, 7) is 3.84. The first-order valence-electron chi connectivity index (χ1n) is 6.52. The first-order valence-corrected chi connectivity index (χ1v) is 7.31. The quantitative estimate of drug-likeness (QED) is 0.758. The highest BCUT2D eigenvalue weighted by atomic mass is 79.9. The van der Waals surface area contributed by atoms with Crippen molar-refractivity contribution >= 4 is 21.6 Å². The average Bonchev–Trinajstić information content (AvgIpc) is 2.49. The molecule has 0 amide bonds. The molecule has 1 aliphatic heterocycles. The monoisotopic (exact) mass is 346 g/mol. The van der Waals surface area contributed by atoms with Gasteiger partial charge in [-0.05, 0) is 15.9 Å². The molecule has 1 aromatic rings. The maximum atomic E-state index is 12.1. The van der Waals surface area contributed by atoms with Crippen LogP contribution in [-0.2, 0) is 16.0 Å². The van der Waals surface area contributed by atoms with Crippen molar-refractivity contribution in [3.8, 4) is 0 Å². The fourth-order valence-electron chi connectivity index (χ4n) is 1.91. The Bertz CT molecular complexity index is 488. The van der Waals surface area contributed by atoms with Crippen molar-refractivity contribution in [2.24, 2.45) is 0 Å². The molecule has 0 bridgehead atoms. The standard InChI is InChI=1S/C12H19BrN4O3/c1-19-5-3-17-12(18)11(13)10(7-16-17)15-6-9-8-20-4-2-14-9/h7,9,14-15H,2-6,8H2,1H3. The molecule has 1 saturated heterocycles. The molecule has 2 N–H and O–H groups in total. The van der Waals surface area contributed by atoms with Crippen LogP contribution in [0.15, 0.2) is 15.5 Å². The van der Waals surface area contributed by atoms with Gasteiger partial charge in [0.15, 0.2) is 0 Å². The summed E-state index contributed by atoms with van der Waals surface area (Å²) in [6.07, 6.45) is 1.64. The molecule has 1 atom stereocenters. The summed E-state index contributed by atoms with van der Waals surface area (Å²) in [5, 5.41) is 10.7. The Morgan fingerprint density at radius 1 is 1.70 bits per heavy atom. The third kappa shape index (κ3) is 4.02. The van der Waals surface area contributed by atoms with Gasteiger partial charge in [0.1, 0.15) is 4.47 Å². The van der Waals surface area contributed by atoms with Gasteiger partial charge in [-0.2, -0.15) is 5.10 Å². The first kappa shape index (κ1) is 15.4. The van der Waals surface area contributed by atoms with Crippen molar-refractivity contribution in [3.05, 3.63) is 21.0 Å². The number of halogens is 1. The van der Waals surface area contributed by atoms with Crippen LogP contribution in [0, 0.1) is 0 Å². The number of rotatable bonds is 6. The van der Waals surface area contributed by atoms with Crippen molar-refractivity contribution in [2.75, 3.05) is 45.3 Å². The van der Waals surface area contributed by atoms with E-state index in [1.165, 1.54) is 4.68 Å². The molecular weight excluding hydrogens is 328 g/mol. The van der Waals surface area contributed by atoms with Crippen molar-refractivity contribution in [3.63, 3.8) is 0 Å². The average molecular weight is 347 g/mol. The Hall–Kier alpha value is -0.960. The number of morpholine rings is 1. The van der Waals surface area contributed by atoms with Crippen LogP contribution in [0.3, 0.4) is 0 Å². The molecule has 0 aromatic carbocycles. The van der Waals surface area contributed by atoms with E-state index < -0.39 is 0 Å². The Morgan fingerprint density at radius 2 is 2.55 bits per heavy atom. The summed E-state index contributed by atoms with van der Waals surface area (Å²) in [7, 11) is 1.59. The fraction of sp³-hybridized carbons (Fsp3) is 0.667. The minimum absolute atomic E-state index is 0.167. The summed E-state index contributed by atoms with van der Waals surface area (Å²) in [5.74, 6) is 0. The van der Waals surface area contributed by atoms with Gasteiger partial charge in [0, 0.05) is 26.2 Å². The smallest absolute Gasteiger partial charge is 0.283 e. The van der Waals surface area contributed by atoms with E-state index in [-0.39, 0.29) is 11.6 Å². The number of methoxy groups -OCH3 is 1. The summed E-state index contributed by atoms with van der Waals surface area (Å²) in [5.41, 5.74) is 0.524. The van der Waals surface area contributed by atoms with Gasteiger partial charge in [-0.25, -0.2) is 4.68 Å². The van der Waals surface area contributed by atoms with E-state index in [9.17, 15) is 4.79 Å². The van der Waals surface area contributed by atoms with E-state index in [2.05, 4.69) is 31.7 Å². The van der Waals surface area contributed by atoms with Crippen LogP contribution < -0.4 is 16.2 Å². The van der Waals surface area contributed by atoms with Crippen molar-refractivity contribution in [1.82, 2.24) is 15.1 Å². The summed E-state index contributed by atoms with van der Waals surface area (Å²) in [6, 6.07) is 0.242. The van der Waals surface area contributed by atoms with Crippen LogP contribution >= 0.6 is 15.9 Å². The number of hydrogen-bond acceptors (Lipinski definition) is 6. The van der Waals surface area contributed by atoms with Gasteiger partial charge in [0.25, 0.3) is 5.56 Å². The Kier molecular flexibility index (Phi) is 5.96. The van der Waals surface area contributed by atoms with Crippen LogP contribution in [0.4, 0.5) is 5.69 Å². The predicted molar refractivity (Wildman–Crippen MR) is 79.2 cm³/mol. The maximum Gasteiger partial charge on any atom is 0.283 e. The lowest BCUT2D eigenvalue weighted by Crippen LogP contribution is -2.45. The third-order valence-corrected chi connectivity index (χ3v) is 3.80. The van der Waals surface area contributed by atoms with Gasteiger partial charge >= 0.3 is 0 Å². The van der Waals surface area contributed by atoms with E-state index >= 15 is 0 Å². The molecule has 1 fully saturated rings. The number of aromatic nitrogens is 2. The normalized spacial score (nSPS) is 19.0. The molecule has 2 rings (SSSR count).